The van der Waals surface area contributed by atoms with E-state index in [0.717, 1.165) is 17.3 Å². The van der Waals surface area contributed by atoms with E-state index in [9.17, 15) is 0 Å². The van der Waals surface area contributed by atoms with Crippen LogP contribution in [0, 0.1) is 6.07 Å². The molecule has 12 heavy (non-hydrogen) atoms. The minimum absolute atomic E-state index is 1.05. The zero-order valence-electron chi connectivity index (χ0n) is 7.25. The van der Waals surface area contributed by atoms with E-state index in [1.807, 2.05) is 6.07 Å². The molecule has 1 aromatic rings. The molecule has 0 atom stereocenters. The van der Waals surface area contributed by atoms with Gasteiger partial charge in [0, 0.05) is 8.95 Å². The van der Waals surface area contributed by atoms with Crippen LogP contribution in [0.4, 0.5) is 0 Å². The molecule has 0 aromatic heterocycles. The lowest BCUT2D eigenvalue weighted by atomic mass is 10.0. The van der Waals surface area contributed by atoms with Crippen molar-refractivity contribution < 1.29 is 0 Å². The van der Waals surface area contributed by atoms with Gasteiger partial charge in [0.2, 0.25) is 0 Å². The van der Waals surface area contributed by atoms with Crippen molar-refractivity contribution in [3.8, 4) is 0 Å². The highest BCUT2D eigenvalue weighted by Crippen LogP contribution is 2.29. The highest BCUT2D eigenvalue weighted by Gasteiger charge is 2.06. The fourth-order valence-corrected chi connectivity index (χ4v) is 2.25. The molecule has 0 unspecified atom stereocenters. The van der Waals surface area contributed by atoms with Gasteiger partial charge in [-0.25, -0.2) is 0 Å². The minimum Gasteiger partial charge on any atom is -0.0613 e. The number of benzene rings is 1. The van der Waals surface area contributed by atoms with Gasteiger partial charge in [-0.2, -0.15) is 0 Å². The van der Waals surface area contributed by atoms with Crippen molar-refractivity contribution in [3.63, 3.8) is 0 Å². The topological polar surface area (TPSA) is 0 Å². The predicted octanol–water partition coefficient (Wildman–Crippen LogP) is 4.14. The van der Waals surface area contributed by atoms with Gasteiger partial charge in [0.15, 0.2) is 0 Å². The first kappa shape index (κ1) is 10.3. The second-order valence-electron chi connectivity index (χ2n) is 2.61. The fourth-order valence-electron chi connectivity index (χ4n) is 1.26. The molecule has 0 aliphatic carbocycles. The molecule has 0 nitrogen and oxygen atoms in total. The Labute approximate surface area is 90.6 Å². The van der Waals surface area contributed by atoms with Gasteiger partial charge in [0.25, 0.3) is 0 Å². The van der Waals surface area contributed by atoms with Crippen LogP contribution in [0.15, 0.2) is 15.0 Å². The molecule has 65 valence electrons. The summed E-state index contributed by atoms with van der Waals surface area (Å²) in [5, 5.41) is 0. The molecule has 0 aliphatic heterocycles. The number of halogens is 2. The lowest BCUT2D eigenvalue weighted by Crippen LogP contribution is -1.93. The Morgan fingerprint density at radius 3 is 2.42 bits per heavy atom. The summed E-state index contributed by atoms with van der Waals surface area (Å²) in [5.41, 5.74) is 2.68. The van der Waals surface area contributed by atoms with E-state index in [-0.39, 0.29) is 0 Å². The fraction of sp³-hybridized carbons (Fsp3) is 0.400. The molecular formula is C10H11Br2. The molecule has 0 saturated carbocycles. The predicted molar refractivity (Wildman–Crippen MR) is 59.4 cm³/mol. The third-order valence-electron chi connectivity index (χ3n) is 1.92. The van der Waals surface area contributed by atoms with Gasteiger partial charge < -0.3 is 0 Å². The van der Waals surface area contributed by atoms with Crippen LogP contribution >= 0.6 is 31.9 Å². The van der Waals surface area contributed by atoms with E-state index in [1.54, 1.807) is 0 Å². The zero-order valence-corrected chi connectivity index (χ0v) is 10.4. The average Bonchev–Trinajstić information content (AvgIpc) is 2.09. The summed E-state index contributed by atoms with van der Waals surface area (Å²) >= 11 is 7.04. The second-order valence-corrected chi connectivity index (χ2v) is 4.26. The summed E-state index contributed by atoms with van der Waals surface area (Å²) in [4.78, 5) is 0. The van der Waals surface area contributed by atoms with E-state index in [2.05, 4.69) is 51.8 Å². The highest BCUT2D eigenvalue weighted by atomic mass is 79.9. The Balaban J connectivity index is 3.25. The number of aryl methyl sites for hydroxylation is 1. The molecule has 2 heteroatoms. The third kappa shape index (κ3) is 1.91. The van der Waals surface area contributed by atoms with Crippen LogP contribution in [0.3, 0.4) is 0 Å². The van der Waals surface area contributed by atoms with E-state index in [4.69, 9.17) is 0 Å². The van der Waals surface area contributed by atoms with E-state index >= 15 is 0 Å². The number of hydrogen-bond acceptors (Lipinski definition) is 0. The average molecular weight is 291 g/mol. The molecule has 0 fully saturated rings. The molecular weight excluding hydrogens is 280 g/mol. The molecule has 0 aliphatic rings. The van der Waals surface area contributed by atoms with Gasteiger partial charge in [-0.05, 0) is 68.0 Å². The van der Waals surface area contributed by atoms with Gasteiger partial charge in [-0.1, -0.05) is 13.8 Å². The van der Waals surface area contributed by atoms with E-state index in [1.165, 1.54) is 15.6 Å². The summed E-state index contributed by atoms with van der Waals surface area (Å²) in [6.45, 7) is 4.32. The Morgan fingerprint density at radius 2 is 1.92 bits per heavy atom. The van der Waals surface area contributed by atoms with Crippen LogP contribution in [0.5, 0.6) is 0 Å². The molecule has 0 amide bonds. The van der Waals surface area contributed by atoms with Gasteiger partial charge in [0.05, 0.1) is 0 Å². The van der Waals surface area contributed by atoms with Crippen molar-refractivity contribution in [2.45, 2.75) is 26.7 Å². The maximum Gasteiger partial charge on any atom is 0.0352 e. The zero-order chi connectivity index (χ0) is 9.14. The Hall–Kier alpha value is 0.180. The normalized spacial score (nSPS) is 10.3. The van der Waals surface area contributed by atoms with Crippen LogP contribution in [0.2, 0.25) is 0 Å². The summed E-state index contributed by atoms with van der Waals surface area (Å²) in [7, 11) is 0. The van der Waals surface area contributed by atoms with Gasteiger partial charge >= 0.3 is 0 Å². The van der Waals surface area contributed by atoms with Crippen molar-refractivity contribution >= 4 is 31.9 Å². The summed E-state index contributed by atoms with van der Waals surface area (Å²) in [6, 6.07) is 5.24. The first-order chi connectivity index (χ1) is 5.70. The van der Waals surface area contributed by atoms with Crippen LogP contribution in [0.25, 0.3) is 0 Å². The van der Waals surface area contributed by atoms with Crippen molar-refractivity contribution in [2.75, 3.05) is 0 Å². The standard InChI is InChI=1S/C10H11Br2/c1-3-7-5-6-9(11)10(12)8(7)4-2/h6H,3-4H2,1-2H3. The molecule has 0 spiro atoms. The monoisotopic (exact) mass is 289 g/mol. The second kappa shape index (κ2) is 4.43. The third-order valence-corrected chi connectivity index (χ3v) is 3.98. The minimum atomic E-state index is 1.05. The number of rotatable bonds is 2. The maximum atomic E-state index is 3.57. The van der Waals surface area contributed by atoms with Crippen LogP contribution in [-0.4, -0.2) is 0 Å². The molecule has 0 saturated heterocycles. The molecule has 0 heterocycles. The van der Waals surface area contributed by atoms with Gasteiger partial charge in [-0.3, -0.25) is 0 Å². The summed E-state index contributed by atoms with van der Waals surface area (Å²) in [5.74, 6) is 0. The Morgan fingerprint density at radius 1 is 1.25 bits per heavy atom. The van der Waals surface area contributed by atoms with Crippen LogP contribution in [0.1, 0.15) is 25.0 Å². The first-order valence-corrected chi connectivity index (χ1v) is 5.66. The van der Waals surface area contributed by atoms with E-state index in [0.29, 0.717) is 0 Å². The van der Waals surface area contributed by atoms with Crippen molar-refractivity contribution in [3.05, 3.63) is 32.2 Å². The molecule has 0 N–H and O–H groups in total. The maximum absolute atomic E-state index is 3.57. The summed E-state index contributed by atoms with van der Waals surface area (Å²) in [6.07, 6.45) is 2.11. The largest absolute Gasteiger partial charge is 0.0613 e. The molecule has 1 radical (unpaired) electrons. The molecule has 1 rings (SSSR count). The molecule has 1 aromatic carbocycles. The van der Waals surface area contributed by atoms with Crippen molar-refractivity contribution in [1.29, 1.82) is 0 Å². The van der Waals surface area contributed by atoms with Crippen LogP contribution < -0.4 is 0 Å². The van der Waals surface area contributed by atoms with E-state index < -0.39 is 0 Å². The lowest BCUT2D eigenvalue weighted by molar-refractivity contribution is 1.02. The van der Waals surface area contributed by atoms with Crippen molar-refractivity contribution in [2.24, 2.45) is 0 Å². The summed E-state index contributed by atoms with van der Waals surface area (Å²) < 4.78 is 2.28. The lowest BCUT2D eigenvalue weighted by Gasteiger charge is -2.08. The molecule has 0 bridgehead atoms. The van der Waals surface area contributed by atoms with Crippen molar-refractivity contribution in [1.82, 2.24) is 0 Å². The van der Waals surface area contributed by atoms with Crippen LogP contribution in [-0.2, 0) is 12.8 Å². The quantitative estimate of drug-likeness (QED) is 0.768. The SMILES string of the molecule is CCc1[c]cc(Br)c(Br)c1CC. The van der Waals surface area contributed by atoms with Gasteiger partial charge in [0.1, 0.15) is 0 Å². The smallest absolute Gasteiger partial charge is 0.0352 e. The Kier molecular flexibility index (Phi) is 3.78. The Bertz CT molecular complexity index is 279. The van der Waals surface area contributed by atoms with Gasteiger partial charge in [-0.15, -0.1) is 0 Å². The highest BCUT2D eigenvalue weighted by molar-refractivity contribution is 9.13. The number of hydrogen-bond donors (Lipinski definition) is 0. The first-order valence-electron chi connectivity index (χ1n) is 4.08.